The fraction of sp³-hybridized carbons (Fsp3) is 0.588. The van der Waals surface area contributed by atoms with E-state index >= 15 is 0 Å². The van der Waals surface area contributed by atoms with E-state index in [0.29, 0.717) is 5.92 Å². The van der Waals surface area contributed by atoms with E-state index in [9.17, 15) is 0 Å². The van der Waals surface area contributed by atoms with Crippen LogP contribution in [0.15, 0.2) is 29.3 Å². The number of rotatable bonds is 5. The highest BCUT2D eigenvalue weighted by molar-refractivity contribution is 14.0. The highest BCUT2D eigenvalue weighted by Crippen LogP contribution is 2.31. The highest BCUT2D eigenvalue weighted by atomic mass is 127. The molecule has 0 saturated carbocycles. The molecule has 1 saturated heterocycles. The van der Waals surface area contributed by atoms with Crippen molar-refractivity contribution in [2.75, 3.05) is 39.8 Å². The second-order valence-corrected chi connectivity index (χ2v) is 6.01. The Morgan fingerprint density at radius 2 is 2.09 bits per heavy atom. The lowest BCUT2D eigenvalue weighted by Crippen LogP contribution is -2.45. The lowest BCUT2D eigenvalue weighted by molar-refractivity contribution is 0.185. The van der Waals surface area contributed by atoms with Crippen molar-refractivity contribution in [3.63, 3.8) is 0 Å². The average molecular weight is 414 g/mol. The smallest absolute Gasteiger partial charge is 0.191 e. The normalized spacial score (nSPS) is 20.8. The summed E-state index contributed by atoms with van der Waals surface area (Å²) in [6.45, 7) is 5.58. The molecule has 1 aromatic rings. The molecule has 1 atom stereocenters. The van der Waals surface area contributed by atoms with Crippen LogP contribution < -0.4 is 10.6 Å². The van der Waals surface area contributed by atoms with Crippen LogP contribution in [0.3, 0.4) is 0 Å². The summed E-state index contributed by atoms with van der Waals surface area (Å²) in [4.78, 5) is 6.79. The molecule has 0 spiro atoms. The first-order chi connectivity index (χ1) is 10.4. The van der Waals surface area contributed by atoms with Crippen LogP contribution in [0.25, 0.3) is 0 Å². The van der Waals surface area contributed by atoms with E-state index in [4.69, 9.17) is 0 Å². The summed E-state index contributed by atoms with van der Waals surface area (Å²) >= 11 is 0. The third-order valence-corrected chi connectivity index (χ3v) is 4.67. The van der Waals surface area contributed by atoms with Gasteiger partial charge in [0.1, 0.15) is 0 Å². The fourth-order valence-electron chi connectivity index (χ4n) is 3.24. The number of hydrogen-bond acceptors (Lipinski definition) is 2. The minimum Gasteiger partial charge on any atom is -0.356 e. The Bertz CT molecular complexity index is 499. The van der Waals surface area contributed by atoms with E-state index in [0.717, 1.165) is 25.6 Å². The quantitative estimate of drug-likeness (QED) is 0.441. The summed E-state index contributed by atoms with van der Waals surface area (Å²) in [5, 5.41) is 6.90. The second-order valence-electron chi connectivity index (χ2n) is 6.01. The molecule has 2 N–H and O–H groups in total. The van der Waals surface area contributed by atoms with Gasteiger partial charge in [-0.25, -0.2) is 0 Å². The summed E-state index contributed by atoms with van der Waals surface area (Å²) in [5.41, 5.74) is 3.03. The molecule has 1 aliphatic heterocycles. The molecule has 0 amide bonds. The molecule has 0 radical (unpaired) electrons. The molecule has 0 aromatic heterocycles. The van der Waals surface area contributed by atoms with Crippen molar-refractivity contribution in [1.82, 2.24) is 15.5 Å². The summed E-state index contributed by atoms with van der Waals surface area (Å²) in [7, 11) is 1.85. The van der Waals surface area contributed by atoms with Gasteiger partial charge in [-0.05, 0) is 43.5 Å². The number of nitrogens with zero attached hydrogens (tertiary/aromatic N) is 2. The van der Waals surface area contributed by atoms with E-state index in [1.807, 2.05) is 7.05 Å². The van der Waals surface area contributed by atoms with Crippen LogP contribution in [0, 0.1) is 0 Å². The number of likely N-dealkylation sites (tertiary alicyclic amines) is 1. The van der Waals surface area contributed by atoms with Crippen molar-refractivity contribution in [2.45, 2.75) is 25.2 Å². The zero-order valence-corrected chi connectivity index (χ0v) is 15.7. The van der Waals surface area contributed by atoms with Crippen LogP contribution >= 0.6 is 24.0 Å². The zero-order valence-electron chi connectivity index (χ0n) is 13.3. The fourth-order valence-corrected chi connectivity index (χ4v) is 3.24. The Labute approximate surface area is 150 Å². The van der Waals surface area contributed by atoms with Crippen LogP contribution in [0.1, 0.15) is 29.9 Å². The predicted octanol–water partition coefficient (Wildman–Crippen LogP) is 2.21. The molecule has 1 aromatic carbocycles. The number of aliphatic imine (C=N–C) groups is 1. The van der Waals surface area contributed by atoms with Crippen LogP contribution in [0.5, 0.6) is 0 Å². The maximum atomic E-state index is 4.32. The minimum atomic E-state index is 0. The maximum Gasteiger partial charge on any atom is 0.191 e. The molecule has 4 nitrogen and oxygen atoms in total. The van der Waals surface area contributed by atoms with Crippen LogP contribution in [-0.4, -0.2) is 50.6 Å². The number of benzene rings is 1. The topological polar surface area (TPSA) is 39.7 Å². The molecule has 3 rings (SSSR count). The van der Waals surface area contributed by atoms with Crippen molar-refractivity contribution in [3.8, 4) is 0 Å². The molecule has 0 bridgehead atoms. The second kappa shape index (κ2) is 8.72. The SMILES string of the molecule is CN=C(NCCN1CCC1)NCC1CCc2ccccc21.I. The first kappa shape index (κ1) is 17.5. The van der Waals surface area contributed by atoms with Gasteiger partial charge in [-0.2, -0.15) is 0 Å². The lowest BCUT2D eigenvalue weighted by Gasteiger charge is -2.30. The van der Waals surface area contributed by atoms with E-state index < -0.39 is 0 Å². The van der Waals surface area contributed by atoms with Crippen molar-refractivity contribution < 1.29 is 0 Å². The summed E-state index contributed by atoms with van der Waals surface area (Å²) < 4.78 is 0. The first-order valence-corrected chi connectivity index (χ1v) is 8.11. The molecule has 22 heavy (non-hydrogen) atoms. The van der Waals surface area contributed by atoms with E-state index in [2.05, 4.69) is 44.8 Å². The molecule has 122 valence electrons. The Morgan fingerprint density at radius 1 is 1.27 bits per heavy atom. The van der Waals surface area contributed by atoms with Crippen molar-refractivity contribution >= 4 is 29.9 Å². The number of halogens is 1. The maximum absolute atomic E-state index is 4.32. The number of nitrogens with one attached hydrogen (secondary N) is 2. The lowest BCUT2D eigenvalue weighted by atomic mass is 10.0. The first-order valence-electron chi connectivity index (χ1n) is 8.11. The third-order valence-electron chi connectivity index (χ3n) is 4.67. The van der Waals surface area contributed by atoms with Gasteiger partial charge in [-0.15, -0.1) is 24.0 Å². The van der Waals surface area contributed by atoms with Crippen molar-refractivity contribution in [3.05, 3.63) is 35.4 Å². The van der Waals surface area contributed by atoms with Gasteiger partial charge in [0.05, 0.1) is 0 Å². The summed E-state index contributed by atoms with van der Waals surface area (Å²) in [6.07, 6.45) is 3.81. The average Bonchev–Trinajstić information content (AvgIpc) is 2.88. The Morgan fingerprint density at radius 3 is 2.82 bits per heavy atom. The zero-order chi connectivity index (χ0) is 14.5. The number of hydrogen-bond donors (Lipinski definition) is 2. The summed E-state index contributed by atoms with van der Waals surface area (Å²) in [5.74, 6) is 1.55. The van der Waals surface area contributed by atoms with Gasteiger partial charge in [0.25, 0.3) is 0 Å². The molecule has 1 unspecified atom stereocenters. The minimum absolute atomic E-state index is 0. The molecule has 1 fully saturated rings. The van der Waals surface area contributed by atoms with Gasteiger partial charge in [0.2, 0.25) is 0 Å². The molecular formula is C17H27IN4. The molecule has 2 aliphatic rings. The van der Waals surface area contributed by atoms with Gasteiger partial charge < -0.3 is 15.5 Å². The van der Waals surface area contributed by atoms with E-state index in [1.54, 1.807) is 0 Å². The Hall–Kier alpha value is -0.820. The van der Waals surface area contributed by atoms with Crippen LogP contribution in [0.2, 0.25) is 0 Å². The van der Waals surface area contributed by atoms with Gasteiger partial charge in [0, 0.05) is 32.6 Å². The van der Waals surface area contributed by atoms with Crippen LogP contribution in [-0.2, 0) is 6.42 Å². The van der Waals surface area contributed by atoms with Crippen molar-refractivity contribution in [1.29, 1.82) is 0 Å². The van der Waals surface area contributed by atoms with Crippen LogP contribution in [0.4, 0.5) is 0 Å². The number of aryl methyl sites for hydroxylation is 1. The molecule has 5 heteroatoms. The number of fused-ring (bicyclic) bond motifs is 1. The highest BCUT2D eigenvalue weighted by Gasteiger charge is 2.21. The Balaban J connectivity index is 0.00000176. The van der Waals surface area contributed by atoms with Gasteiger partial charge in [-0.3, -0.25) is 4.99 Å². The van der Waals surface area contributed by atoms with E-state index in [-0.39, 0.29) is 24.0 Å². The standard InChI is InChI=1S/C17H26N4.HI/c1-18-17(19-9-12-21-10-4-11-21)20-13-15-8-7-14-5-2-3-6-16(14)15;/h2-3,5-6,15H,4,7-13H2,1H3,(H2,18,19,20);1H. The summed E-state index contributed by atoms with van der Waals surface area (Å²) in [6, 6.07) is 8.83. The van der Waals surface area contributed by atoms with Gasteiger partial charge in [0.15, 0.2) is 5.96 Å². The molecule has 1 aliphatic carbocycles. The predicted molar refractivity (Wildman–Crippen MR) is 103 cm³/mol. The number of guanidine groups is 1. The van der Waals surface area contributed by atoms with E-state index in [1.165, 1.54) is 43.5 Å². The van der Waals surface area contributed by atoms with Gasteiger partial charge >= 0.3 is 0 Å². The molecule has 1 heterocycles. The third kappa shape index (κ3) is 4.35. The monoisotopic (exact) mass is 414 g/mol. The largest absolute Gasteiger partial charge is 0.356 e. The van der Waals surface area contributed by atoms with Gasteiger partial charge in [-0.1, -0.05) is 24.3 Å². The molecular weight excluding hydrogens is 387 g/mol. The van der Waals surface area contributed by atoms with Crippen molar-refractivity contribution in [2.24, 2.45) is 4.99 Å². The Kier molecular flexibility index (Phi) is 6.95.